The molecule has 1 aromatic heterocycles. The summed E-state index contributed by atoms with van der Waals surface area (Å²) in [5.41, 5.74) is 4.83. The van der Waals surface area contributed by atoms with Gasteiger partial charge in [-0.2, -0.15) is 0 Å². The van der Waals surface area contributed by atoms with Gasteiger partial charge in [-0.1, -0.05) is 45.4 Å². The molecule has 2 nitrogen and oxygen atoms in total. The molecule has 0 spiro atoms. The molecule has 1 aliphatic heterocycles. The van der Waals surface area contributed by atoms with Gasteiger partial charge in [0.1, 0.15) is 11.9 Å². The first-order valence-electron chi connectivity index (χ1n) is 10.0. The summed E-state index contributed by atoms with van der Waals surface area (Å²) in [6, 6.07) is 3.06. The van der Waals surface area contributed by atoms with Crippen LogP contribution in [0.3, 0.4) is 0 Å². The highest BCUT2D eigenvalue weighted by molar-refractivity contribution is 5.36. The fourth-order valence-electron chi connectivity index (χ4n) is 4.80. The number of unbranched alkanes of at least 4 members (excludes halogenated alkanes) is 6. The van der Waals surface area contributed by atoms with Gasteiger partial charge in [0.25, 0.3) is 0 Å². The summed E-state index contributed by atoms with van der Waals surface area (Å²) in [7, 11) is 2.31. The molecule has 0 amide bonds. The van der Waals surface area contributed by atoms with Crippen molar-refractivity contribution in [3.8, 4) is 0 Å². The van der Waals surface area contributed by atoms with E-state index in [4.69, 9.17) is 0 Å². The summed E-state index contributed by atoms with van der Waals surface area (Å²) < 4.78 is 0. The summed E-state index contributed by atoms with van der Waals surface area (Å²) >= 11 is 0. The van der Waals surface area contributed by atoms with Crippen LogP contribution in [-0.2, 0) is 12.8 Å². The van der Waals surface area contributed by atoms with Crippen LogP contribution in [0.1, 0.15) is 87.6 Å². The highest BCUT2D eigenvalue weighted by Gasteiger charge is 2.41. The van der Waals surface area contributed by atoms with E-state index in [1.54, 1.807) is 11.1 Å². The molecule has 0 radical (unpaired) electrons. The number of H-pyrrole nitrogens is 1. The zero-order valence-corrected chi connectivity index (χ0v) is 17.8. The first-order chi connectivity index (χ1) is 11.3. The summed E-state index contributed by atoms with van der Waals surface area (Å²) in [4.78, 5) is 6.17. The molecule has 24 heavy (non-hydrogen) atoms. The van der Waals surface area contributed by atoms with Gasteiger partial charge in [-0.15, -0.1) is 0 Å². The molecule has 0 saturated carbocycles. The van der Waals surface area contributed by atoms with Gasteiger partial charge in [0, 0.05) is 6.42 Å². The van der Waals surface area contributed by atoms with Crippen LogP contribution < -0.4 is 24.0 Å². The van der Waals surface area contributed by atoms with Gasteiger partial charge >= 0.3 is 0 Å². The number of rotatable bonds is 8. The average molecular weight is 442 g/mol. The third kappa shape index (κ3) is 4.72. The first kappa shape index (κ1) is 20.2. The van der Waals surface area contributed by atoms with Crippen molar-refractivity contribution >= 4 is 0 Å². The number of hydrogen-bond donors (Lipinski definition) is 1. The van der Waals surface area contributed by atoms with Crippen molar-refractivity contribution in [1.82, 2.24) is 9.88 Å². The highest BCUT2D eigenvalue weighted by atomic mass is 127. The minimum atomic E-state index is 0. The van der Waals surface area contributed by atoms with Gasteiger partial charge in [-0.05, 0) is 45.2 Å². The fourth-order valence-corrected chi connectivity index (χ4v) is 4.80. The Morgan fingerprint density at radius 1 is 1.12 bits per heavy atom. The van der Waals surface area contributed by atoms with E-state index < -0.39 is 0 Å². The van der Waals surface area contributed by atoms with E-state index in [2.05, 4.69) is 36.1 Å². The van der Waals surface area contributed by atoms with Crippen LogP contribution in [0.25, 0.3) is 0 Å². The van der Waals surface area contributed by atoms with Crippen LogP contribution in [0.4, 0.5) is 0 Å². The van der Waals surface area contributed by atoms with Crippen molar-refractivity contribution in [2.45, 2.75) is 83.6 Å². The van der Waals surface area contributed by atoms with Gasteiger partial charge in [0.2, 0.25) is 0 Å². The topological polar surface area (TPSA) is 19.0 Å². The van der Waals surface area contributed by atoms with Crippen molar-refractivity contribution in [3.63, 3.8) is 0 Å². The summed E-state index contributed by atoms with van der Waals surface area (Å²) in [5, 5.41) is 0. The lowest BCUT2D eigenvalue weighted by Crippen LogP contribution is -3.00. The van der Waals surface area contributed by atoms with Crippen LogP contribution in [0.15, 0.2) is 12.3 Å². The van der Waals surface area contributed by atoms with E-state index >= 15 is 0 Å². The van der Waals surface area contributed by atoms with Crippen molar-refractivity contribution in [1.29, 1.82) is 0 Å². The zero-order chi connectivity index (χ0) is 16.1. The number of hydrogen-bond acceptors (Lipinski definition) is 1. The summed E-state index contributed by atoms with van der Waals surface area (Å²) in [6.45, 7) is 3.57. The van der Waals surface area contributed by atoms with Crippen LogP contribution in [-0.4, -0.2) is 23.5 Å². The first-order valence-corrected chi connectivity index (χ1v) is 10.0. The van der Waals surface area contributed by atoms with Crippen molar-refractivity contribution in [2.75, 3.05) is 13.6 Å². The Morgan fingerprint density at radius 3 is 2.67 bits per heavy atom. The predicted octanol–water partition coefficient (Wildman–Crippen LogP) is 2.53. The molecule has 1 fully saturated rings. The maximum absolute atomic E-state index is 3.58. The smallest absolute Gasteiger partial charge is 0.119 e. The molecule has 3 rings (SSSR count). The minimum Gasteiger partial charge on any atom is -1.00 e. The Balaban J connectivity index is 0.00000208. The number of fused-ring (bicyclic) bond motifs is 3. The number of halogens is 1. The highest BCUT2D eigenvalue weighted by Crippen LogP contribution is 2.44. The third-order valence-corrected chi connectivity index (χ3v) is 6.12. The molecule has 3 heteroatoms. The van der Waals surface area contributed by atoms with Crippen LogP contribution in [0.2, 0.25) is 0 Å². The molecule has 136 valence electrons. The van der Waals surface area contributed by atoms with Crippen LogP contribution >= 0.6 is 0 Å². The van der Waals surface area contributed by atoms with E-state index in [0.717, 1.165) is 5.92 Å². The van der Waals surface area contributed by atoms with Crippen LogP contribution in [0.5, 0.6) is 0 Å². The van der Waals surface area contributed by atoms with E-state index in [9.17, 15) is 0 Å². The van der Waals surface area contributed by atoms with Gasteiger partial charge in [-0.25, -0.2) is 0 Å². The van der Waals surface area contributed by atoms with Crippen molar-refractivity contribution < 1.29 is 24.0 Å². The molecule has 0 unspecified atom stereocenters. The maximum Gasteiger partial charge on any atom is 0.119 e. The Labute approximate surface area is 165 Å². The van der Waals surface area contributed by atoms with E-state index in [1.165, 1.54) is 82.9 Å². The molecule has 2 aliphatic rings. The number of likely N-dealkylation sites (tertiary alicyclic amines) is 1. The number of nitrogens with zero attached hydrogens (tertiary/aromatic N) is 1. The molecule has 1 N–H and O–H groups in total. The minimum absolute atomic E-state index is 0. The molecular weight excluding hydrogens is 407 g/mol. The second kappa shape index (κ2) is 10.1. The van der Waals surface area contributed by atoms with Gasteiger partial charge in [0.05, 0.1) is 23.2 Å². The Bertz CT molecular complexity index is 503. The Kier molecular flexibility index (Phi) is 8.48. The van der Waals surface area contributed by atoms with Crippen molar-refractivity contribution in [2.24, 2.45) is 5.92 Å². The molecule has 0 bridgehead atoms. The lowest BCUT2D eigenvalue weighted by Gasteiger charge is -2.28. The lowest BCUT2D eigenvalue weighted by atomic mass is 9.79. The normalized spacial score (nSPS) is 22.8. The second-order valence-electron chi connectivity index (χ2n) is 7.77. The molecule has 1 aliphatic carbocycles. The number of aromatic nitrogens is 1. The monoisotopic (exact) mass is 442 g/mol. The predicted molar refractivity (Wildman–Crippen MR) is 98.7 cm³/mol. The lowest BCUT2D eigenvalue weighted by molar-refractivity contribution is -0.00000500. The zero-order valence-electron chi connectivity index (χ0n) is 15.6. The SMILES string of the molecule is CCCCCCCCC[c+]1[nH]ccc2c1CC[C@H]1CCN(C)[C@@H]21.[I-]. The van der Waals surface area contributed by atoms with E-state index in [1.807, 2.05) is 0 Å². The molecular formula is C21H35IN2. The van der Waals surface area contributed by atoms with Crippen LogP contribution in [0, 0.1) is 5.92 Å². The average Bonchev–Trinajstić information content (AvgIpc) is 2.96. The molecule has 0 aromatic carbocycles. The third-order valence-electron chi connectivity index (χ3n) is 6.12. The van der Waals surface area contributed by atoms with Gasteiger partial charge in [-0.3, -0.25) is 9.88 Å². The van der Waals surface area contributed by atoms with E-state index in [0.29, 0.717) is 6.04 Å². The second-order valence-corrected chi connectivity index (χ2v) is 7.77. The number of aromatic amines is 1. The largest absolute Gasteiger partial charge is 1.00 e. The molecule has 2 atom stereocenters. The summed E-state index contributed by atoms with van der Waals surface area (Å²) in [5.74, 6) is 0.904. The quantitative estimate of drug-likeness (QED) is 0.373. The summed E-state index contributed by atoms with van der Waals surface area (Å²) in [6.07, 6.45) is 17.3. The Morgan fingerprint density at radius 2 is 1.88 bits per heavy atom. The van der Waals surface area contributed by atoms with Gasteiger partial charge < -0.3 is 24.0 Å². The molecule has 1 saturated heterocycles. The molecule has 2 heterocycles. The molecule has 1 aromatic rings. The number of pyridine rings is 1. The maximum atomic E-state index is 3.58. The number of aryl methyl sites for hydroxylation is 1. The standard InChI is InChI=1S/C21H35N2.HI/c1-3-4-5-6-7-8-9-10-20-18-12-11-17-14-16-23(2)21(17)19(18)13-15-22-20;/h13,15,17,21-22H,3-12,14,16H2,1-2H3;1H/q+1;/p-1/t17-,21+;/m0./s1. The van der Waals surface area contributed by atoms with E-state index in [-0.39, 0.29) is 24.0 Å². The van der Waals surface area contributed by atoms with Crippen molar-refractivity contribution in [3.05, 3.63) is 29.1 Å². The number of nitrogens with one attached hydrogen (secondary N) is 1. The van der Waals surface area contributed by atoms with Gasteiger partial charge in [0.15, 0.2) is 0 Å². The fraction of sp³-hybridized carbons (Fsp3) is 0.762. The Hall–Kier alpha value is -0.160.